The van der Waals surface area contributed by atoms with Crippen LogP contribution in [0.5, 0.6) is 0 Å². The molecule has 4 nitrogen and oxygen atoms in total. The number of hydrogen-bond acceptors (Lipinski definition) is 3. The van der Waals surface area contributed by atoms with Crippen LogP contribution in [0.3, 0.4) is 0 Å². The van der Waals surface area contributed by atoms with E-state index >= 15 is 0 Å². The van der Waals surface area contributed by atoms with Crippen LogP contribution in [0.4, 0.5) is 11.4 Å². The Bertz CT molecular complexity index is 728. The second kappa shape index (κ2) is 7.30. The number of anilines is 2. The molecule has 2 N–H and O–H groups in total. The summed E-state index contributed by atoms with van der Waals surface area (Å²) in [6.45, 7) is 8.16. The molecule has 0 unspecified atom stereocenters. The number of hydrogen-bond donors (Lipinski definition) is 2. The van der Waals surface area contributed by atoms with Gasteiger partial charge in [0.15, 0.2) is 5.78 Å². The molecule has 2 aromatic rings. The first-order chi connectivity index (χ1) is 11.3. The van der Waals surface area contributed by atoms with Crippen LogP contribution < -0.4 is 10.6 Å². The fraction of sp³-hybridized carbons (Fsp3) is 0.300. The van der Waals surface area contributed by atoms with Crippen molar-refractivity contribution >= 4 is 23.1 Å². The first-order valence-electron chi connectivity index (χ1n) is 8.01. The van der Waals surface area contributed by atoms with E-state index in [2.05, 4.69) is 43.5 Å². The molecule has 0 heterocycles. The normalized spacial score (nSPS) is 11.0. The van der Waals surface area contributed by atoms with Crippen LogP contribution in [-0.4, -0.2) is 18.2 Å². The minimum absolute atomic E-state index is 0.0248. The molecule has 24 heavy (non-hydrogen) atoms. The minimum atomic E-state index is -0.157. The van der Waals surface area contributed by atoms with Crippen molar-refractivity contribution in [2.24, 2.45) is 0 Å². The number of benzene rings is 2. The van der Waals surface area contributed by atoms with E-state index in [1.165, 1.54) is 12.5 Å². The standard InChI is InChI=1S/C20H24N2O2/c1-14(23)15-6-5-7-18(12-15)22-19(24)13-21-17-10-8-16(9-11-17)20(2,3)4/h5-12,21H,13H2,1-4H3,(H,22,24). The maximum absolute atomic E-state index is 12.0. The van der Waals surface area contributed by atoms with Crippen LogP contribution in [0, 0.1) is 0 Å². The Morgan fingerprint density at radius 2 is 1.62 bits per heavy atom. The van der Waals surface area contributed by atoms with Crippen LogP contribution in [0.2, 0.25) is 0 Å². The van der Waals surface area contributed by atoms with Crippen molar-refractivity contribution < 1.29 is 9.59 Å². The molecular formula is C20H24N2O2. The number of Topliss-reactive ketones (excluding diaryl/α,β-unsaturated/α-hetero) is 1. The second-order valence-electron chi connectivity index (χ2n) is 6.87. The highest BCUT2D eigenvalue weighted by molar-refractivity contribution is 5.98. The summed E-state index contributed by atoms with van der Waals surface area (Å²) in [5.74, 6) is -0.182. The molecule has 2 rings (SSSR count). The van der Waals surface area contributed by atoms with E-state index < -0.39 is 0 Å². The zero-order chi connectivity index (χ0) is 17.7. The van der Waals surface area contributed by atoms with Crippen LogP contribution in [0.15, 0.2) is 48.5 Å². The number of rotatable bonds is 5. The average Bonchev–Trinajstić information content (AvgIpc) is 2.53. The van der Waals surface area contributed by atoms with Crippen LogP contribution in [0.25, 0.3) is 0 Å². The van der Waals surface area contributed by atoms with Gasteiger partial charge in [-0.3, -0.25) is 9.59 Å². The van der Waals surface area contributed by atoms with Crippen molar-refractivity contribution in [3.63, 3.8) is 0 Å². The molecule has 0 spiro atoms. The Labute approximate surface area is 143 Å². The SMILES string of the molecule is CC(=O)c1cccc(NC(=O)CNc2ccc(C(C)(C)C)cc2)c1. The van der Waals surface area contributed by atoms with Gasteiger partial charge in [0, 0.05) is 16.9 Å². The smallest absolute Gasteiger partial charge is 0.243 e. The quantitative estimate of drug-likeness (QED) is 0.809. The number of nitrogens with one attached hydrogen (secondary N) is 2. The van der Waals surface area contributed by atoms with E-state index in [-0.39, 0.29) is 23.7 Å². The van der Waals surface area contributed by atoms with Gasteiger partial charge < -0.3 is 10.6 Å². The highest BCUT2D eigenvalue weighted by atomic mass is 16.2. The van der Waals surface area contributed by atoms with Crippen LogP contribution >= 0.6 is 0 Å². The van der Waals surface area contributed by atoms with Crippen molar-refractivity contribution in [2.45, 2.75) is 33.1 Å². The predicted molar refractivity (Wildman–Crippen MR) is 98.7 cm³/mol. The van der Waals surface area contributed by atoms with Crippen molar-refractivity contribution in [1.82, 2.24) is 0 Å². The van der Waals surface area contributed by atoms with Gasteiger partial charge >= 0.3 is 0 Å². The molecule has 0 aliphatic rings. The fourth-order valence-electron chi connectivity index (χ4n) is 2.29. The van der Waals surface area contributed by atoms with Gasteiger partial charge in [-0.05, 0) is 42.2 Å². The molecule has 0 fully saturated rings. The van der Waals surface area contributed by atoms with Gasteiger partial charge in [0.25, 0.3) is 0 Å². The number of carbonyl (C=O) groups is 2. The van der Waals surface area contributed by atoms with Gasteiger partial charge in [0.1, 0.15) is 0 Å². The Balaban J connectivity index is 1.91. The third-order valence-electron chi connectivity index (χ3n) is 3.76. The molecule has 126 valence electrons. The predicted octanol–water partition coefficient (Wildman–Crippen LogP) is 4.24. The zero-order valence-corrected chi connectivity index (χ0v) is 14.6. The number of amides is 1. The van der Waals surface area contributed by atoms with Crippen molar-refractivity contribution in [3.05, 3.63) is 59.7 Å². The van der Waals surface area contributed by atoms with E-state index in [9.17, 15) is 9.59 Å². The molecule has 1 amide bonds. The van der Waals surface area contributed by atoms with Gasteiger partial charge in [-0.15, -0.1) is 0 Å². The molecular weight excluding hydrogens is 300 g/mol. The monoisotopic (exact) mass is 324 g/mol. The zero-order valence-electron chi connectivity index (χ0n) is 14.6. The largest absolute Gasteiger partial charge is 0.376 e. The van der Waals surface area contributed by atoms with Gasteiger partial charge in [-0.2, -0.15) is 0 Å². The highest BCUT2D eigenvalue weighted by Crippen LogP contribution is 2.23. The summed E-state index contributed by atoms with van der Waals surface area (Å²) in [7, 11) is 0. The molecule has 0 atom stereocenters. The lowest BCUT2D eigenvalue weighted by Crippen LogP contribution is -2.22. The second-order valence-corrected chi connectivity index (χ2v) is 6.87. The van der Waals surface area contributed by atoms with Crippen molar-refractivity contribution in [2.75, 3.05) is 17.2 Å². The Kier molecular flexibility index (Phi) is 5.39. The molecule has 0 aliphatic carbocycles. The Hall–Kier alpha value is -2.62. The lowest BCUT2D eigenvalue weighted by atomic mass is 9.87. The van der Waals surface area contributed by atoms with Gasteiger partial charge in [0.2, 0.25) is 5.91 Å². The number of ketones is 1. The van der Waals surface area contributed by atoms with E-state index in [1.54, 1.807) is 24.3 Å². The molecule has 0 saturated carbocycles. The Morgan fingerprint density at radius 3 is 2.21 bits per heavy atom. The van der Waals surface area contributed by atoms with E-state index in [4.69, 9.17) is 0 Å². The third kappa shape index (κ3) is 4.95. The summed E-state index contributed by atoms with van der Waals surface area (Å²) in [4.78, 5) is 23.4. The number of carbonyl (C=O) groups excluding carboxylic acids is 2. The van der Waals surface area contributed by atoms with Crippen molar-refractivity contribution in [1.29, 1.82) is 0 Å². The van der Waals surface area contributed by atoms with Gasteiger partial charge in [-0.25, -0.2) is 0 Å². The fourth-order valence-corrected chi connectivity index (χ4v) is 2.29. The molecule has 0 aliphatic heterocycles. The Morgan fingerprint density at radius 1 is 0.958 bits per heavy atom. The molecule has 0 radical (unpaired) electrons. The van der Waals surface area contributed by atoms with Crippen LogP contribution in [0.1, 0.15) is 43.6 Å². The maximum atomic E-state index is 12.0. The van der Waals surface area contributed by atoms with Gasteiger partial charge in [0.05, 0.1) is 6.54 Å². The lowest BCUT2D eigenvalue weighted by Gasteiger charge is -2.19. The summed E-state index contributed by atoms with van der Waals surface area (Å²) >= 11 is 0. The lowest BCUT2D eigenvalue weighted by molar-refractivity contribution is -0.114. The summed E-state index contributed by atoms with van der Waals surface area (Å²) < 4.78 is 0. The third-order valence-corrected chi connectivity index (χ3v) is 3.76. The first-order valence-corrected chi connectivity index (χ1v) is 8.01. The minimum Gasteiger partial charge on any atom is -0.376 e. The summed E-state index contributed by atoms with van der Waals surface area (Å²) in [6.07, 6.45) is 0. The average molecular weight is 324 g/mol. The van der Waals surface area contributed by atoms with E-state index in [0.29, 0.717) is 11.3 Å². The first kappa shape index (κ1) is 17.7. The van der Waals surface area contributed by atoms with Crippen molar-refractivity contribution in [3.8, 4) is 0 Å². The van der Waals surface area contributed by atoms with Gasteiger partial charge in [-0.1, -0.05) is 45.0 Å². The molecule has 0 saturated heterocycles. The molecule has 4 heteroatoms. The molecule has 2 aromatic carbocycles. The summed E-state index contributed by atoms with van der Waals surface area (Å²) in [5, 5.41) is 5.89. The van der Waals surface area contributed by atoms with E-state index in [0.717, 1.165) is 5.69 Å². The highest BCUT2D eigenvalue weighted by Gasteiger charge is 2.13. The summed E-state index contributed by atoms with van der Waals surface area (Å²) in [6, 6.07) is 15.0. The molecule has 0 bridgehead atoms. The van der Waals surface area contributed by atoms with E-state index in [1.807, 2.05) is 12.1 Å². The topological polar surface area (TPSA) is 58.2 Å². The maximum Gasteiger partial charge on any atom is 0.243 e. The molecule has 0 aromatic heterocycles. The summed E-state index contributed by atoms with van der Waals surface area (Å²) in [5.41, 5.74) is 3.46. The van der Waals surface area contributed by atoms with Crippen LogP contribution in [-0.2, 0) is 10.2 Å².